The van der Waals surface area contributed by atoms with Crippen molar-refractivity contribution in [3.63, 3.8) is 0 Å². The van der Waals surface area contributed by atoms with Gasteiger partial charge in [-0.05, 0) is 36.5 Å². The molecule has 2 aromatic carbocycles. The Hall–Kier alpha value is -1.20. The van der Waals surface area contributed by atoms with Crippen LogP contribution in [0.2, 0.25) is 0 Å². The summed E-state index contributed by atoms with van der Waals surface area (Å²) in [4.78, 5) is 0. The summed E-state index contributed by atoms with van der Waals surface area (Å²) < 4.78 is 0. The van der Waals surface area contributed by atoms with Crippen LogP contribution in [0, 0.1) is 0 Å². The van der Waals surface area contributed by atoms with Gasteiger partial charge in [0.2, 0.25) is 0 Å². The third-order valence-electron chi connectivity index (χ3n) is 2.99. The number of benzene rings is 2. The molecule has 0 atom stereocenters. The molecule has 0 heterocycles. The predicted octanol–water partition coefficient (Wildman–Crippen LogP) is 5.51. The summed E-state index contributed by atoms with van der Waals surface area (Å²) in [6, 6.07) is 16.7. The van der Waals surface area contributed by atoms with E-state index in [1.165, 1.54) is 36.5 Å². The van der Waals surface area contributed by atoms with Crippen LogP contribution in [0.25, 0.3) is 10.8 Å². The maximum atomic E-state index is 2.27. The number of fused-ring (bicyclic) bond motifs is 1. The molecule has 0 fully saturated rings. The minimum atomic E-state index is 0. The summed E-state index contributed by atoms with van der Waals surface area (Å²) >= 11 is 0. The standard InChI is InChI=1S/C10H8.C8H12.Ru/c1-2-6-10-8-4-3-7-9(10)5-1;1-2-4-6-8-7-5-3-1;/h1-8H;1-2,7-8H,3-6H2;. The van der Waals surface area contributed by atoms with Crippen molar-refractivity contribution in [2.24, 2.45) is 0 Å². The molecule has 0 aliphatic heterocycles. The summed E-state index contributed by atoms with van der Waals surface area (Å²) in [5.41, 5.74) is 0. The molecule has 0 N–H and O–H groups in total. The predicted molar refractivity (Wildman–Crippen MR) is 80.7 cm³/mol. The molecular weight excluding hydrogens is 317 g/mol. The zero-order valence-corrected chi connectivity index (χ0v) is 12.8. The Labute approximate surface area is 129 Å². The average Bonchev–Trinajstić information content (AvgIpc) is 2.39. The monoisotopic (exact) mass is 338 g/mol. The molecule has 0 saturated carbocycles. The Morgan fingerprint density at radius 3 is 1.00 bits per heavy atom. The summed E-state index contributed by atoms with van der Waals surface area (Å²) in [6.45, 7) is 0. The smallest absolute Gasteiger partial charge is 0 e. The Bertz CT molecular complexity index is 434. The summed E-state index contributed by atoms with van der Waals surface area (Å²) in [5, 5.41) is 2.62. The minimum absolute atomic E-state index is 0. The van der Waals surface area contributed by atoms with Crippen LogP contribution in [-0.4, -0.2) is 0 Å². The fraction of sp³-hybridized carbons (Fsp3) is 0.222. The van der Waals surface area contributed by atoms with Crippen molar-refractivity contribution in [2.45, 2.75) is 25.7 Å². The topological polar surface area (TPSA) is 0 Å². The molecule has 19 heavy (non-hydrogen) atoms. The van der Waals surface area contributed by atoms with Crippen molar-refractivity contribution >= 4 is 10.8 Å². The van der Waals surface area contributed by atoms with Gasteiger partial charge in [-0.2, -0.15) is 0 Å². The molecule has 100 valence electrons. The van der Waals surface area contributed by atoms with Crippen LogP contribution in [-0.2, 0) is 19.5 Å². The second-order valence-corrected chi connectivity index (χ2v) is 4.44. The van der Waals surface area contributed by atoms with Crippen molar-refractivity contribution in [3.8, 4) is 0 Å². The average molecular weight is 337 g/mol. The fourth-order valence-corrected chi connectivity index (χ4v) is 1.99. The fourth-order valence-electron chi connectivity index (χ4n) is 1.99. The van der Waals surface area contributed by atoms with Crippen molar-refractivity contribution in [1.82, 2.24) is 0 Å². The van der Waals surface area contributed by atoms with Gasteiger partial charge in [0, 0.05) is 19.5 Å². The summed E-state index contributed by atoms with van der Waals surface area (Å²) in [5.74, 6) is 0. The summed E-state index contributed by atoms with van der Waals surface area (Å²) in [7, 11) is 0. The van der Waals surface area contributed by atoms with Crippen LogP contribution >= 0.6 is 0 Å². The molecule has 0 nitrogen and oxygen atoms in total. The molecule has 1 heteroatoms. The van der Waals surface area contributed by atoms with Crippen LogP contribution in [0.5, 0.6) is 0 Å². The molecular formula is C18H20Ru. The first-order chi connectivity index (χ1) is 8.97. The van der Waals surface area contributed by atoms with Gasteiger partial charge in [-0.1, -0.05) is 72.8 Å². The van der Waals surface area contributed by atoms with Gasteiger partial charge < -0.3 is 0 Å². The Morgan fingerprint density at radius 2 is 0.737 bits per heavy atom. The van der Waals surface area contributed by atoms with Crippen molar-refractivity contribution in [1.29, 1.82) is 0 Å². The maximum absolute atomic E-state index is 2.27. The molecule has 2 aromatic rings. The van der Waals surface area contributed by atoms with E-state index in [1.54, 1.807) is 0 Å². The van der Waals surface area contributed by atoms with Crippen molar-refractivity contribution < 1.29 is 19.5 Å². The molecule has 0 radical (unpaired) electrons. The van der Waals surface area contributed by atoms with E-state index in [1.807, 2.05) is 0 Å². The SMILES string of the molecule is C1=CCCC=CCC1.[Ru].c1ccc2ccccc2c1. The zero-order chi connectivity index (χ0) is 12.5. The van der Waals surface area contributed by atoms with Gasteiger partial charge in [-0.3, -0.25) is 0 Å². The minimum Gasteiger partial charge on any atom is -0.0882 e. The van der Waals surface area contributed by atoms with Gasteiger partial charge in [-0.15, -0.1) is 0 Å². The largest absolute Gasteiger partial charge is 0.0882 e. The first kappa shape index (κ1) is 15.9. The molecule has 0 saturated heterocycles. The van der Waals surface area contributed by atoms with Crippen LogP contribution in [0.15, 0.2) is 72.8 Å². The van der Waals surface area contributed by atoms with Crippen molar-refractivity contribution in [2.75, 3.05) is 0 Å². The van der Waals surface area contributed by atoms with E-state index in [4.69, 9.17) is 0 Å². The molecule has 0 unspecified atom stereocenters. The van der Waals surface area contributed by atoms with E-state index in [0.29, 0.717) is 0 Å². The first-order valence-corrected chi connectivity index (χ1v) is 6.70. The second kappa shape index (κ2) is 9.70. The number of hydrogen-bond donors (Lipinski definition) is 0. The Balaban J connectivity index is 0.000000185. The Kier molecular flexibility index (Phi) is 8.09. The second-order valence-electron chi connectivity index (χ2n) is 4.44. The maximum Gasteiger partial charge on any atom is 0 e. The van der Waals surface area contributed by atoms with Crippen LogP contribution < -0.4 is 0 Å². The van der Waals surface area contributed by atoms with Crippen LogP contribution in [0.3, 0.4) is 0 Å². The zero-order valence-electron chi connectivity index (χ0n) is 11.1. The van der Waals surface area contributed by atoms with E-state index in [0.717, 1.165) is 0 Å². The van der Waals surface area contributed by atoms with Gasteiger partial charge in [-0.25, -0.2) is 0 Å². The van der Waals surface area contributed by atoms with Gasteiger partial charge in [0.15, 0.2) is 0 Å². The van der Waals surface area contributed by atoms with E-state index >= 15 is 0 Å². The van der Waals surface area contributed by atoms with Crippen molar-refractivity contribution in [3.05, 3.63) is 72.8 Å². The summed E-state index contributed by atoms with van der Waals surface area (Å²) in [6.07, 6.45) is 14.0. The third-order valence-corrected chi connectivity index (χ3v) is 2.99. The van der Waals surface area contributed by atoms with E-state index in [9.17, 15) is 0 Å². The van der Waals surface area contributed by atoms with Gasteiger partial charge in [0.25, 0.3) is 0 Å². The molecule has 0 amide bonds. The van der Waals surface area contributed by atoms with Gasteiger partial charge in [0.05, 0.1) is 0 Å². The normalized spacial score (nSPS) is 13.7. The van der Waals surface area contributed by atoms with E-state index in [-0.39, 0.29) is 19.5 Å². The first-order valence-electron chi connectivity index (χ1n) is 6.70. The number of allylic oxidation sites excluding steroid dienone is 4. The number of hydrogen-bond acceptors (Lipinski definition) is 0. The molecule has 1 aliphatic rings. The van der Waals surface area contributed by atoms with Gasteiger partial charge in [0.1, 0.15) is 0 Å². The third kappa shape index (κ3) is 5.99. The Morgan fingerprint density at radius 1 is 0.474 bits per heavy atom. The van der Waals surface area contributed by atoms with E-state index in [2.05, 4.69) is 72.8 Å². The van der Waals surface area contributed by atoms with Gasteiger partial charge >= 0.3 is 0 Å². The molecule has 0 bridgehead atoms. The van der Waals surface area contributed by atoms with E-state index < -0.39 is 0 Å². The molecule has 3 rings (SSSR count). The molecule has 0 aromatic heterocycles. The molecule has 1 aliphatic carbocycles. The van der Waals surface area contributed by atoms with Crippen LogP contribution in [0.4, 0.5) is 0 Å². The molecule has 0 spiro atoms. The number of rotatable bonds is 0. The van der Waals surface area contributed by atoms with Crippen LogP contribution in [0.1, 0.15) is 25.7 Å². The quantitative estimate of drug-likeness (QED) is 0.439.